The molecular formula is C7H10S. The average molecular weight is 126 g/mol. The molecule has 0 aromatic carbocycles. The molecule has 8 heavy (non-hydrogen) atoms. The van der Waals surface area contributed by atoms with Crippen molar-refractivity contribution in [3.63, 3.8) is 0 Å². The first-order valence-electron chi connectivity index (χ1n) is 2.90. The molecule has 0 aromatic rings. The second-order valence-corrected chi connectivity index (χ2v) is 3.14. The van der Waals surface area contributed by atoms with Gasteiger partial charge in [-0.1, -0.05) is 31.2 Å². The van der Waals surface area contributed by atoms with Gasteiger partial charge in [0.15, 0.2) is 0 Å². The van der Waals surface area contributed by atoms with Crippen molar-refractivity contribution in [1.82, 2.24) is 0 Å². The van der Waals surface area contributed by atoms with Crippen LogP contribution in [0.4, 0.5) is 0 Å². The van der Waals surface area contributed by atoms with Gasteiger partial charge in [-0.25, -0.2) is 0 Å². The van der Waals surface area contributed by atoms with Gasteiger partial charge in [0.25, 0.3) is 0 Å². The first-order valence-corrected chi connectivity index (χ1v) is 3.95. The molecule has 44 valence electrons. The maximum atomic E-state index is 2.22. The predicted octanol–water partition coefficient (Wildman–Crippen LogP) is 2.23. The smallest absolute Gasteiger partial charge is 0.0413 e. The van der Waals surface area contributed by atoms with Crippen LogP contribution in [0, 0.1) is 0 Å². The van der Waals surface area contributed by atoms with Crippen LogP contribution >= 0.6 is 11.8 Å². The van der Waals surface area contributed by atoms with E-state index < -0.39 is 0 Å². The second-order valence-electron chi connectivity index (χ2n) is 1.69. The van der Waals surface area contributed by atoms with Gasteiger partial charge in [-0.05, 0) is 5.75 Å². The minimum Gasteiger partial charge on any atom is -0.150 e. The van der Waals surface area contributed by atoms with E-state index in [1.165, 1.54) is 5.75 Å². The SMILES string of the molecule is CCSC1C=CC=C1. The van der Waals surface area contributed by atoms with E-state index >= 15 is 0 Å². The van der Waals surface area contributed by atoms with Gasteiger partial charge < -0.3 is 0 Å². The number of hydrogen-bond donors (Lipinski definition) is 0. The lowest BCUT2D eigenvalue weighted by Gasteiger charge is -1.98. The zero-order valence-corrected chi connectivity index (χ0v) is 5.82. The van der Waals surface area contributed by atoms with Gasteiger partial charge in [-0.2, -0.15) is 11.8 Å². The van der Waals surface area contributed by atoms with Crippen LogP contribution < -0.4 is 0 Å². The van der Waals surface area contributed by atoms with Crippen molar-refractivity contribution in [2.75, 3.05) is 5.75 Å². The van der Waals surface area contributed by atoms with E-state index in [0.29, 0.717) is 5.25 Å². The summed E-state index contributed by atoms with van der Waals surface area (Å²) in [5.41, 5.74) is 0. The highest BCUT2D eigenvalue weighted by Gasteiger charge is 1.99. The lowest BCUT2D eigenvalue weighted by molar-refractivity contribution is 1.42. The Morgan fingerprint density at radius 3 is 2.50 bits per heavy atom. The van der Waals surface area contributed by atoms with Crippen molar-refractivity contribution in [3.05, 3.63) is 24.3 Å². The summed E-state index contributed by atoms with van der Waals surface area (Å²) in [7, 11) is 0. The lowest BCUT2D eigenvalue weighted by atomic mass is 10.5. The van der Waals surface area contributed by atoms with Crippen molar-refractivity contribution < 1.29 is 0 Å². The summed E-state index contributed by atoms with van der Waals surface area (Å²) in [4.78, 5) is 0. The van der Waals surface area contributed by atoms with Crippen LogP contribution in [0.15, 0.2) is 24.3 Å². The molecule has 0 aromatic heterocycles. The van der Waals surface area contributed by atoms with Gasteiger partial charge in [-0.3, -0.25) is 0 Å². The van der Waals surface area contributed by atoms with E-state index in [4.69, 9.17) is 0 Å². The van der Waals surface area contributed by atoms with E-state index in [9.17, 15) is 0 Å². The van der Waals surface area contributed by atoms with Gasteiger partial charge in [0.2, 0.25) is 0 Å². The minimum absolute atomic E-state index is 0.667. The predicted molar refractivity (Wildman–Crippen MR) is 40.2 cm³/mol. The van der Waals surface area contributed by atoms with Crippen LogP contribution in [0.3, 0.4) is 0 Å². The molecule has 0 saturated heterocycles. The summed E-state index contributed by atoms with van der Waals surface area (Å²) in [5, 5.41) is 0.667. The molecule has 0 radical (unpaired) electrons. The molecule has 1 heteroatoms. The normalized spacial score (nSPS) is 18.1. The lowest BCUT2D eigenvalue weighted by Crippen LogP contribution is -1.87. The largest absolute Gasteiger partial charge is 0.150 e. The summed E-state index contributed by atoms with van der Waals surface area (Å²) >= 11 is 1.97. The molecule has 0 N–H and O–H groups in total. The van der Waals surface area contributed by atoms with Gasteiger partial charge in [0, 0.05) is 5.25 Å². The summed E-state index contributed by atoms with van der Waals surface area (Å²) in [6.07, 6.45) is 8.64. The first-order chi connectivity index (χ1) is 3.93. The fraction of sp³-hybridized carbons (Fsp3) is 0.429. The molecule has 0 aliphatic heterocycles. The Labute approximate surface area is 54.7 Å². The molecule has 0 amide bonds. The molecule has 0 saturated carbocycles. The fourth-order valence-corrected chi connectivity index (χ4v) is 1.50. The van der Waals surface area contributed by atoms with E-state index in [2.05, 4.69) is 31.2 Å². The Balaban J connectivity index is 2.27. The number of rotatable bonds is 2. The molecule has 0 heterocycles. The van der Waals surface area contributed by atoms with E-state index in [1.54, 1.807) is 0 Å². The van der Waals surface area contributed by atoms with Crippen molar-refractivity contribution in [2.24, 2.45) is 0 Å². The molecule has 0 bridgehead atoms. The topological polar surface area (TPSA) is 0 Å². The molecule has 0 unspecified atom stereocenters. The van der Waals surface area contributed by atoms with Crippen molar-refractivity contribution in [3.8, 4) is 0 Å². The Kier molecular flexibility index (Phi) is 2.22. The number of allylic oxidation sites excluding steroid dienone is 2. The van der Waals surface area contributed by atoms with Crippen LogP contribution in [0.1, 0.15) is 6.92 Å². The minimum atomic E-state index is 0.667. The molecular weight excluding hydrogens is 116 g/mol. The van der Waals surface area contributed by atoms with Crippen molar-refractivity contribution in [2.45, 2.75) is 12.2 Å². The molecule has 1 rings (SSSR count). The summed E-state index contributed by atoms with van der Waals surface area (Å²) in [6.45, 7) is 2.19. The summed E-state index contributed by atoms with van der Waals surface area (Å²) in [5.74, 6) is 1.21. The zero-order valence-electron chi connectivity index (χ0n) is 5.00. The number of hydrogen-bond acceptors (Lipinski definition) is 1. The van der Waals surface area contributed by atoms with Gasteiger partial charge >= 0.3 is 0 Å². The third kappa shape index (κ3) is 1.41. The number of thioether (sulfide) groups is 1. The van der Waals surface area contributed by atoms with E-state index in [-0.39, 0.29) is 0 Å². The fourth-order valence-electron chi connectivity index (χ4n) is 0.715. The van der Waals surface area contributed by atoms with Crippen LogP contribution in [0.25, 0.3) is 0 Å². The monoisotopic (exact) mass is 126 g/mol. The summed E-state index contributed by atoms with van der Waals surface area (Å²) < 4.78 is 0. The Morgan fingerprint density at radius 2 is 2.00 bits per heavy atom. The Bertz CT molecular complexity index is 102. The molecule has 0 spiro atoms. The first kappa shape index (κ1) is 5.96. The quantitative estimate of drug-likeness (QED) is 0.546. The molecule has 0 nitrogen and oxygen atoms in total. The van der Waals surface area contributed by atoms with Gasteiger partial charge in [-0.15, -0.1) is 0 Å². The summed E-state index contributed by atoms with van der Waals surface area (Å²) in [6, 6.07) is 0. The highest BCUT2D eigenvalue weighted by atomic mass is 32.2. The van der Waals surface area contributed by atoms with E-state index in [1.807, 2.05) is 11.8 Å². The maximum Gasteiger partial charge on any atom is 0.0413 e. The standard InChI is InChI=1S/C7H10S/c1-2-8-7-5-3-4-6-7/h3-7H,2H2,1H3. The third-order valence-electron chi connectivity index (χ3n) is 1.07. The van der Waals surface area contributed by atoms with Crippen LogP contribution in [0.5, 0.6) is 0 Å². The van der Waals surface area contributed by atoms with Crippen molar-refractivity contribution >= 4 is 11.8 Å². The third-order valence-corrected chi connectivity index (χ3v) is 2.10. The van der Waals surface area contributed by atoms with Crippen LogP contribution in [-0.2, 0) is 0 Å². The molecule has 1 aliphatic carbocycles. The average Bonchev–Trinajstić information content (AvgIpc) is 2.19. The van der Waals surface area contributed by atoms with E-state index in [0.717, 1.165) is 0 Å². The molecule has 0 atom stereocenters. The molecule has 1 aliphatic rings. The zero-order chi connectivity index (χ0) is 5.82. The highest BCUT2D eigenvalue weighted by Crippen LogP contribution is 2.16. The van der Waals surface area contributed by atoms with Crippen LogP contribution in [-0.4, -0.2) is 11.0 Å². The Morgan fingerprint density at radius 1 is 1.38 bits per heavy atom. The molecule has 0 fully saturated rings. The van der Waals surface area contributed by atoms with Crippen LogP contribution in [0.2, 0.25) is 0 Å². The maximum absolute atomic E-state index is 2.22. The highest BCUT2D eigenvalue weighted by molar-refractivity contribution is 8.00. The van der Waals surface area contributed by atoms with Gasteiger partial charge in [0.1, 0.15) is 0 Å². The van der Waals surface area contributed by atoms with Crippen molar-refractivity contribution in [1.29, 1.82) is 0 Å². The second kappa shape index (κ2) is 2.98. The Hall–Kier alpha value is -0.170. The van der Waals surface area contributed by atoms with Gasteiger partial charge in [0.05, 0.1) is 0 Å².